The number of methoxy groups -OCH3 is 1. The molecule has 1 atom stereocenters. The Morgan fingerprint density at radius 1 is 1.21 bits per heavy atom. The molecule has 0 bridgehead atoms. The van der Waals surface area contributed by atoms with Crippen LogP contribution in [0.3, 0.4) is 0 Å². The second kappa shape index (κ2) is 9.03. The number of nitrogens with zero attached hydrogens (tertiary/aromatic N) is 1. The molecule has 0 aromatic carbocycles. The number of rotatable bonds is 8. The minimum Gasteiger partial charge on any atom is -0.475 e. The molecule has 1 aromatic heterocycles. The molecule has 1 aromatic rings. The van der Waals surface area contributed by atoms with E-state index in [1.165, 1.54) is 14.0 Å². The van der Waals surface area contributed by atoms with Gasteiger partial charge in [0.2, 0.25) is 5.88 Å². The first kappa shape index (κ1) is 24.8. The van der Waals surface area contributed by atoms with E-state index in [1.807, 2.05) is 0 Å². The van der Waals surface area contributed by atoms with Gasteiger partial charge in [-0.05, 0) is 18.9 Å². The minimum absolute atomic E-state index is 0.0825. The maximum atomic E-state index is 13.5. The number of hydrogen-bond acceptors (Lipinski definition) is 6. The Kier molecular flexibility index (Phi) is 7.71. The number of carbonyl (C=O) groups is 1. The summed E-state index contributed by atoms with van der Waals surface area (Å²) in [5.41, 5.74) is -0.794. The molecule has 0 aliphatic carbocycles. The Morgan fingerprint density at radius 2 is 1.79 bits per heavy atom. The molecule has 1 amide bonds. The SMILES string of the molecule is CCc1c(N)c(C(=O)NCC(C)(O)C(F)(F)F)nc(OCCOC)c1C(F)(F)F. The van der Waals surface area contributed by atoms with Gasteiger partial charge < -0.3 is 25.6 Å². The topological polar surface area (TPSA) is 107 Å². The summed E-state index contributed by atoms with van der Waals surface area (Å²) in [5, 5.41) is 11.2. The van der Waals surface area contributed by atoms with Crippen molar-refractivity contribution in [3.63, 3.8) is 0 Å². The summed E-state index contributed by atoms with van der Waals surface area (Å²) in [6.07, 6.45) is -10.2. The molecule has 0 saturated carbocycles. The lowest BCUT2D eigenvalue weighted by atomic mass is 10.0. The summed E-state index contributed by atoms with van der Waals surface area (Å²) in [6.45, 7) is 0.0899. The predicted octanol–water partition coefficient (Wildman–Crippen LogP) is 2.31. The monoisotopic (exact) mass is 433 g/mol. The molecule has 4 N–H and O–H groups in total. The van der Waals surface area contributed by atoms with Crippen LogP contribution in [0, 0.1) is 0 Å². The van der Waals surface area contributed by atoms with Crippen LogP contribution < -0.4 is 15.8 Å². The molecule has 1 unspecified atom stereocenters. The standard InChI is InChI=1S/C16H21F6N3O4/c1-4-8-9(15(17,18)19)13(29-6-5-28-3)25-11(10(8)23)12(26)24-7-14(2,27)16(20,21)22/h27H,4-7,23H2,1-3H3,(H,24,26). The Balaban J connectivity index is 3.36. The Morgan fingerprint density at radius 3 is 2.24 bits per heavy atom. The highest BCUT2D eigenvalue weighted by Crippen LogP contribution is 2.41. The third-order valence-corrected chi connectivity index (χ3v) is 3.89. The number of carbonyl (C=O) groups excluding carboxylic acids is 1. The molecule has 13 heteroatoms. The highest BCUT2D eigenvalue weighted by Gasteiger charge is 2.50. The molecule has 0 radical (unpaired) electrons. The summed E-state index contributed by atoms with van der Waals surface area (Å²) in [5.74, 6) is -2.25. The summed E-state index contributed by atoms with van der Waals surface area (Å²) >= 11 is 0. The van der Waals surface area contributed by atoms with Gasteiger partial charge in [0.05, 0.1) is 18.8 Å². The van der Waals surface area contributed by atoms with Crippen LogP contribution >= 0.6 is 0 Å². The predicted molar refractivity (Wildman–Crippen MR) is 89.4 cm³/mol. The van der Waals surface area contributed by atoms with Gasteiger partial charge in [-0.15, -0.1) is 0 Å². The largest absolute Gasteiger partial charge is 0.475 e. The van der Waals surface area contributed by atoms with E-state index in [0.717, 1.165) is 0 Å². The van der Waals surface area contributed by atoms with Crippen LogP contribution in [0.1, 0.15) is 35.5 Å². The van der Waals surface area contributed by atoms with E-state index in [9.17, 15) is 36.2 Å². The lowest BCUT2D eigenvalue weighted by Crippen LogP contribution is -2.51. The van der Waals surface area contributed by atoms with Crippen molar-refractivity contribution in [3.05, 3.63) is 16.8 Å². The van der Waals surface area contributed by atoms with Crippen molar-refractivity contribution in [2.45, 2.75) is 38.2 Å². The molecule has 0 fully saturated rings. The zero-order chi connectivity index (χ0) is 22.6. The third kappa shape index (κ3) is 5.85. The molecule has 0 aliphatic rings. The Bertz CT molecular complexity index is 735. The average molecular weight is 433 g/mol. The number of pyridine rings is 1. The van der Waals surface area contributed by atoms with Crippen molar-refractivity contribution < 1.29 is 45.7 Å². The van der Waals surface area contributed by atoms with E-state index in [2.05, 4.69) is 9.72 Å². The van der Waals surface area contributed by atoms with E-state index in [1.54, 1.807) is 5.32 Å². The number of halogens is 6. The van der Waals surface area contributed by atoms with E-state index < -0.39 is 58.8 Å². The van der Waals surface area contributed by atoms with Crippen LogP contribution in [0.25, 0.3) is 0 Å². The number of amides is 1. The maximum absolute atomic E-state index is 13.5. The molecule has 1 rings (SSSR count). The molecule has 0 saturated heterocycles. The number of aromatic nitrogens is 1. The quantitative estimate of drug-likeness (QED) is 0.429. The van der Waals surface area contributed by atoms with Gasteiger partial charge in [-0.2, -0.15) is 26.3 Å². The van der Waals surface area contributed by atoms with Crippen molar-refractivity contribution in [1.82, 2.24) is 10.3 Å². The average Bonchev–Trinajstić information content (AvgIpc) is 2.58. The van der Waals surface area contributed by atoms with E-state index >= 15 is 0 Å². The smallest absolute Gasteiger partial charge is 0.421 e. The van der Waals surface area contributed by atoms with Crippen LogP contribution in [0.5, 0.6) is 5.88 Å². The van der Waals surface area contributed by atoms with Crippen LogP contribution in [0.4, 0.5) is 32.0 Å². The normalized spacial score (nSPS) is 14.4. The summed E-state index contributed by atoms with van der Waals surface area (Å²) in [7, 11) is 1.29. The Hall–Kier alpha value is -2.28. The lowest BCUT2D eigenvalue weighted by molar-refractivity contribution is -0.249. The van der Waals surface area contributed by atoms with Crippen molar-refractivity contribution in [2.24, 2.45) is 0 Å². The highest BCUT2D eigenvalue weighted by atomic mass is 19.4. The van der Waals surface area contributed by atoms with E-state index in [-0.39, 0.29) is 19.6 Å². The van der Waals surface area contributed by atoms with Gasteiger partial charge in [0, 0.05) is 7.11 Å². The first-order valence-electron chi connectivity index (χ1n) is 8.26. The molecular weight excluding hydrogens is 412 g/mol. The van der Waals surface area contributed by atoms with Gasteiger partial charge in [-0.1, -0.05) is 6.92 Å². The van der Waals surface area contributed by atoms with Crippen molar-refractivity contribution in [1.29, 1.82) is 0 Å². The molecule has 1 heterocycles. The fourth-order valence-electron chi connectivity index (χ4n) is 2.22. The lowest BCUT2D eigenvalue weighted by Gasteiger charge is -2.26. The van der Waals surface area contributed by atoms with Crippen molar-refractivity contribution >= 4 is 11.6 Å². The van der Waals surface area contributed by atoms with Crippen LogP contribution in [0.15, 0.2) is 0 Å². The molecule has 0 aliphatic heterocycles. The summed E-state index contributed by atoms with van der Waals surface area (Å²) in [6, 6.07) is 0. The Labute approximate surface area is 162 Å². The number of nitrogens with two attached hydrogens (primary N) is 1. The zero-order valence-corrected chi connectivity index (χ0v) is 15.8. The van der Waals surface area contributed by atoms with Gasteiger partial charge in [-0.25, -0.2) is 4.98 Å². The van der Waals surface area contributed by atoms with Gasteiger partial charge in [0.25, 0.3) is 5.91 Å². The van der Waals surface area contributed by atoms with Gasteiger partial charge in [0.15, 0.2) is 11.3 Å². The number of hydrogen-bond donors (Lipinski definition) is 3. The van der Waals surface area contributed by atoms with Gasteiger partial charge in [0.1, 0.15) is 12.2 Å². The molecular formula is C16H21F6N3O4. The fourth-order valence-corrected chi connectivity index (χ4v) is 2.22. The fraction of sp³-hybridized carbons (Fsp3) is 0.625. The first-order chi connectivity index (χ1) is 13.2. The van der Waals surface area contributed by atoms with Gasteiger partial charge in [-0.3, -0.25) is 4.79 Å². The van der Waals surface area contributed by atoms with Crippen LogP contribution in [0.2, 0.25) is 0 Å². The zero-order valence-electron chi connectivity index (χ0n) is 15.8. The number of nitrogen functional groups attached to an aromatic ring is 1. The second-order valence-corrected chi connectivity index (χ2v) is 6.18. The van der Waals surface area contributed by atoms with E-state index in [0.29, 0.717) is 6.92 Å². The number of alkyl halides is 6. The number of aliphatic hydroxyl groups is 1. The van der Waals surface area contributed by atoms with E-state index in [4.69, 9.17) is 10.5 Å². The van der Waals surface area contributed by atoms with Crippen molar-refractivity contribution in [3.8, 4) is 5.88 Å². The highest BCUT2D eigenvalue weighted by molar-refractivity contribution is 5.98. The molecule has 7 nitrogen and oxygen atoms in total. The molecule has 29 heavy (non-hydrogen) atoms. The third-order valence-electron chi connectivity index (χ3n) is 3.89. The van der Waals surface area contributed by atoms with Crippen molar-refractivity contribution in [2.75, 3.05) is 32.6 Å². The first-order valence-corrected chi connectivity index (χ1v) is 8.26. The number of nitrogens with one attached hydrogen (secondary N) is 1. The number of ether oxygens (including phenoxy) is 2. The maximum Gasteiger partial charge on any atom is 0.421 e. The summed E-state index contributed by atoms with van der Waals surface area (Å²) < 4.78 is 88.2. The summed E-state index contributed by atoms with van der Waals surface area (Å²) in [4.78, 5) is 15.7. The molecule has 166 valence electrons. The molecule has 0 spiro atoms. The number of anilines is 1. The van der Waals surface area contributed by atoms with Crippen LogP contribution in [-0.2, 0) is 17.3 Å². The minimum atomic E-state index is -5.05. The second-order valence-electron chi connectivity index (χ2n) is 6.18. The van der Waals surface area contributed by atoms with Crippen LogP contribution in [-0.4, -0.2) is 54.6 Å². The van der Waals surface area contributed by atoms with Gasteiger partial charge >= 0.3 is 12.4 Å².